The van der Waals surface area contributed by atoms with Crippen molar-refractivity contribution in [2.45, 2.75) is 51.7 Å². The Hall–Kier alpha value is -2.31. The van der Waals surface area contributed by atoms with Gasteiger partial charge in [0.15, 0.2) is 0 Å². The van der Waals surface area contributed by atoms with Crippen molar-refractivity contribution in [1.29, 1.82) is 0 Å². The summed E-state index contributed by atoms with van der Waals surface area (Å²) in [6.07, 6.45) is 1.14. The molecule has 0 bridgehead atoms. The maximum atomic E-state index is 12.7. The molecule has 1 aliphatic heterocycles. The van der Waals surface area contributed by atoms with E-state index in [0.29, 0.717) is 18.6 Å². The summed E-state index contributed by atoms with van der Waals surface area (Å²) < 4.78 is 17.8. The number of rotatable bonds is 6. The van der Waals surface area contributed by atoms with E-state index in [1.807, 2.05) is 76.2 Å². The molecule has 2 aromatic carbocycles. The summed E-state index contributed by atoms with van der Waals surface area (Å²) in [6.45, 7) is 8.10. The van der Waals surface area contributed by atoms with Gasteiger partial charge in [-0.1, -0.05) is 36.4 Å². The van der Waals surface area contributed by atoms with Crippen LogP contribution in [-0.4, -0.2) is 38.4 Å². The van der Waals surface area contributed by atoms with E-state index in [0.717, 1.165) is 16.7 Å². The van der Waals surface area contributed by atoms with Crippen LogP contribution in [-0.2, 0) is 20.5 Å². The average molecular weight is 395 g/mol. The molecular weight excluding hydrogens is 365 g/mol. The number of anilines is 1. The summed E-state index contributed by atoms with van der Waals surface area (Å²) in [6, 6.07) is 15.7. The maximum absolute atomic E-state index is 12.7. The van der Waals surface area contributed by atoms with Crippen LogP contribution in [0.1, 0.15) is 39.7 Å². The first-order valence-electron chi connectivity index (χ1n) is 9.99. The van der Waals surface area contributed by atoms with Crippen LogP contribution in [0.25, 0.3) is 0 Å². The minimum atomic E-state index is -0.470. The monoisotopic (exact) mass is 395 g/mol. The Labute approximate surface area is 174 Å². The Morgan fingerprint density at radius 2 is 1.66 bits per heavy atom. The van der Waals surface area contributed by atoms with Gasteiger partial charge in [0.1, 0.15) is 5.75 Å². The fourth-order valence-corrected chi connectivity index (χ4v) is 3.30. The lowest BCUT2D eigenvalue weighted by Gasteiger charge is -2.32. The Morgan fingerprint density at radius 1 is 1.03 bits per heavy atom. The molecule has 0 saturated carbocycles. The molecule has 0 spiro atoms. The van der Waals surface area contributed by atoms with Crippen molar-refractivity contribution in [1.82, 2.24) is 0 Å². The van der Waals surface area contributed by atoms with Crippen LogP contribution in [0.15, 0.2) is 48.5 Å². The standard InChI is InChI=1S/C23H30BNO4/c1-22(2)23(3,4)29-24(28-22)18-13-14-19(20(16-18)27-6)25(5)21(26)15-12-17-10-8-7-9-11-17/h7-11,13-14,16H,12,15H2,1-6H3. The smallest absolute Gasteiger partial charge is 0.494 e. The predicted molar refractivity (Wildman–Crippen MR) is 117 cm³/mol. The molecule has 5 nitrogen and oxygen atoms in total. The molecule has 1 aliphatic rings. The van der Waals surface area contributed by atoms with E-state index in [1.54, 1.807) is 19.1 Å². The van der Waals surface area contributed by atoms with E-state index in [-0.39, 0.29) is 5.91 Å². The second-order valence-corrected chi connectivity index (χ2v) is 8.46. The zero-order valence-electron chi connectivity index (χ0n) is 18.2. The van der Waals surface area contributed by atoms with E-state index in [9.17, 15) is 4.79 Å². The van der Waals surface area contributed by atoms with Gasteiger partial charge in [0, 0.05) is 13.5 Å². The molecule has 0 N–H and O–H groups in total. The fraction of sp³-hybridized carbons (Fsp3) is 0.435. The largest absolute Gasteiger partial charge is 0.495 e. The molecule has 0 atom stereocenters. The molecular formula is C23H30BNO4. The minimum absolute atomic E-state index is 0.0375. The number of nitrogens with zero attached hydrogens (tertiary/aromatic N) is 1. The summed E-state index contributed by atoms with van der Waals surface area (Å²) in [5.74, 6) is 0.656. The summed E-state index contributed by atoms with van der Waals surface area (Å²) in [4.78, 5) is 14.4. The van der Waals surface area contributed by atoms with Gasteiger partial charge in [0.2, 0.25) is 5.91 Å². The highest BCUT2D eigenvalue weighted by atomic mass is 16.7. The predicted octanol–water partition coefficient (Wildman–Crippen LogP) is 3.59. The lowest BCUT2D eigenvalue weighted by Crippen LogP contribution is -2.41. The van der Waals surface area contributed by atoms with Crippen LogP contribution in [0, 0.1) is 0 Å². The van der Waals surface area contributed by atoms with Gasteiger partial charge in [-0.3, -0.25) is 4.79 Å². The van der Waals surface area contributed by atoms with E-state index in [2.05, 4.69) is 0 Å². The second-order valence-electron chi connectivity index (χ2n) is 8.46. The maximum Gasteiger partial charge on any atom is 0.494 e. The normalized spacial score (nSPS) is 17.2. The summed E-state index contributed by atoms with van der Waals surface area (Å²) in [5.41, 5.74) is 1.93. The van der Waals surface area contributed by atoms with Gasteiger partial charge >= 0.3 is 7.12 Å². The van der Waals surface area contributed by atoms with E-state index < -0.39 is 18.3 Å². The molecule has 0 aromatic heterocycles. The van der Waals surface area contributed by atoms with Gasteiger partial charge in [-0.2, -0.15) is 0 Å². The number of carbonyl (C=O) groups is 1. The number of aryl methyl sites for hydroxylation is 1. The molecule has 6 heteroatoms. The number of hydrogen-bond acceptors (Lipinski definition) is 4. The number of ether oxygens (including phenoxy) is 1. The Bertz CT molecular complexity index is 850. The highest BCUT2D eigenvalue weighted by Crippen LogP contribution is 2.37. The van der Waals surface area contributed by atoms with Crippen LogP contribution in [0.5, 0.6) is 5.75 Å². The van der Waals surface area contributed by atoms with E-state index >= 15 is 0 Å². The van der Waals surface area contributed by atoms with Gasteiger partial charge in [-0.05, 0) is 57.3 Å². The molecule has 29 heavy (non-hydrogen) atoms. The van der Waals surface area contributed by atoms with Crippen molar-refractivity contribution < 1.29 is 18.8 Å². The summed E-state index contributed by atoms with van der Waals surface area (Å²) in [5, 5.41) is 0. The Kier molecular flexibility index (Phi) is 6.06. The number of benzene rings is 2. The van der Waals surface area contributed by atoms with Gasteiger partial charge < -0.3 is 18.9 Å². The van der Waals surface area contributed by atoms with Crippen molar-refractivity contribution in [3.05, 3.63) is 54.1 Å². The number of amides is 1. The molecule has 0 aliphatic carbocycles. The lowest BCUT2D eigenvalue weighted by atomic mass is 9.79. The van der Waals surface area contributed by atoms with Crippen molar-refractivity contribution in [2.24, 2.45) is 0 Å². The number of hydrogen-bond donors (Lipinski definition) is 0. The molecule has 154 valence electrons. The van der Waals surface area contributed by atoms with E-state index in [4.69, 9.17) is 14.0 Å². The highest BCUT2D eigenvalue weighted by molar-refractivity contribution is 6.62. The molecule has 1 amide bonds. The quantitative estimate of drug-likeness (QED) is 0.702. The first kappa shape index (κ1) is 21.4. The fourth-order valence-electron chi connectivity index (χ4n) is 3.30. The second kappa shape index (κ2) is 8.21. The van der Waals surface area contributed by atoms with Crippen LogP contribution >= 0.6 is 0 Å². The molecule has 0 radical (unpaired) electrons. The summed E-state index contributed by atoms with van der Waals surface area (Å²) in [7, 11) is 2.91. The third-order valence-electron chi connectivity index (χ3n) is 5.94. The SMILES string of the molecule is COc1cc(B2OC(C)(C)C(C)(C)O2)ccc1N(C)C(=O)CCc1ccccc1. The number of methoxy groups -OCH3 is 1. The van der Waals surface area contributed by atoms with Crippen LogP contribution in [0.4, 0.5) is 5.69 Å². The zero-order valence-corrected chi connectivity index (χ0v) is 18.2. The topological polar surface area (TPSA) is 48.0 Å². The molecule has 1 saturated heterocycles. The van der Waals surface area contributed by atoms with Crippen LogP contribution < -0.4 is 15.1 Å². The van der Waals surface area contributed by atoms with E-state index in [1.165, 1.54) is 0 Å². The Morgan fingerprint density at radius 3 is 2.24 bits per heavy atom. The van der Waals surface area contributed by atoms with Crippen molar-refractivity contribution in [3.8, 4) is 5.75 Å². The first-order chi connectivity index (χ1) is 13.6. The number of carbonyl (C=O) groups excluding carboxylic acids is 1. The van der Waals surface area contributed by atoms with Gasteiger partial charge in [0.05, 0.1) is 24.0 Å². The molecule has 0 unspecified atom stereocenters. The highest BCUT2D eigenvalue weighted by Gasteiger charge is 2.51. The third-order valence-corrected chi connectivity index (χ3v) is 5.94. The Balaban J connectivity index is 1.74. The van der Waals surface area contributed by atoms with Crippen LogP contribution in [0.2, 0.25) is 0 Å². The van der Waals surface area contributed by atoms with Crippen LogP contribution in [0.3, 0.4) is 0 Å². The first-order valence-corrected chi connectivity index (χ1v) is 9.99. The molecule has 3 rings (SSSR count). The van der Waals surface area contributed by atoms with Crippen molar-refractivity contribution >= 4 is 24.2 Å². The molecule has 1 fully saturated rings. The van der Waals surface area contributed by atoms with Gasteiger partial charge in [0.25, 0.3) is 0 Å². The molecule has 1 heterocycles. The zero-order chi connectivity index (χ0) is 21.2. The third kappa shape index (κ3) is 4.49. The van der Waals surface area contributed by atoms with Gasteiger partial charge in [-0.25, -0.2) is 0 Å². The molecule has 2 aromatic rings. The minimum Gasteiger partial charge on any atom is -0.495 e. The van der Waals surface area contributed by atoms with Crippen molar-refractivity contribution in [3.63, 3.8) is 0 Å². The lowest BCUT2D eigenvalue weighted by molar-refractivity contribution is -0.118. The van der Waals surface area contributed by atoms with Crippen molar-refractivity contribution in [2.75, 3.05) is 19.1 Å². The summed E-state index contributed by atoms with van der Waals surface area (Å²) >= 11 is 0. The average Bonchev–Trinajstić information content (AvgIpc) is 2.93. The van der Waals surface area contributed by atoms with Gasteiger partial charge in [-0.15, -0.1) is 0 Å².